The molecular formula is C22H30O. The van der Waals surface area contributed by atoms with E-state index in [4.69, 9.17) is 0 Å². The average Bonchev–Trinajstić information content (AvgIpc) is 2.45. The van der Waals surface area contributed by atoms with Crippen LogP contribution < -0.4 is 0 Å². The van der Waals surface area contributed by atoms with E-state index in [1.807, 2.05) is 6.07 Å². The summed E-state index contributed by atoms with van der Waals surface area (Å²) < 4.78 is 0. The molecule has 0 saturated heterocycles. The molecule has 2 aromatic carbocycles. The first kappa shape index (κ1) is 17.6. The van der Waals surface area contributed by atoms with Gasteiger partial charge in [0.2, 0.25) is 0 Å². The largest absolute Gasteiger partial charge is 0.507 e. The van der Waals surface area contributed by atoms with Crippen molar-refractivity contribution in [3.63, 3.8) is 0 Å². The molecule has 1 heteroatoms. The minimum Gasteiger partial charge on any atom is -0.507 e. The molecular weight excluding hydrogens is 280 g/mol. The summed E-state index contributed by atoms with van der Waals surface area (Å²) in [7, 11) is 0. The van der Waals surface area contributed by atoms with Crippen molar-refractivity contribution < 1.29 is 5.11 Å². The second-order valence-corrected chi connectivity index (χ2v) is 8.60. The van der Waals surface area contributed by atoms with Gasteiger partial charge in [0, 0.05) is 5.92 Å². The van der Waals surface area contributed by atoms with Gasteiger partial charge in [-0.1, -0.05) is 90.9 Å². The van der Waals surface area contributed by atoms with Crippen LogP contribution in [0.15, 0.2) is 42.5 Å². The van der Waals surface area contributed by atoms with Crippen LogP contribution in [0.3, 0.4) is 0 Å². The first-order chi connectivity index (χ1) is 10.5. The monoisotopic (exact) mass is 310 g/mol. The highest BCUT2D eigenvalue weighted by atomic mass is 16.3. The lowest BCUT2D eigenvalue weighted by molar-refractivity contribution is 0.422. The molecule has 1 nitrogen and oxygen atoms in total. The predicted molar refractivity (Wildman–Crippen MR) is 99.5 cm³/mol. The molecule has 2 aromatic rings. The van der Waals surface area contributed by atoms with Gasteiger partial charge in [-0.05, 0) is 33.1 Å². The molecule has 0 heterocycles. The molecule has 0 spiro atoms. The quantitative estimate of drug-likeness (QED) is 0.706. The normalized spacial score (nSPS) is 13.9. The SMILES string of the molecule is C[C@H](c1ccccc1)c1cc(C(C)(C)C)c(O)c(C(C)(C)C)c1. The van der Waals surface area contributed by atoms with E-state index >= 15 is 0 Å². The second kappa shape index (κ2) is 6.03. The Bertz CT molecular complexity index is 634. The zero-order valence-electron chi connectivity index (χ0n) is 15.6. The van der Waals surface area contributed by atoms with E-state index in [0.29, 0.717) is 11.7 Å². The molecule has 0 bridgehead atoms. The summed E-state index contributed by atoms with van der Waals surface area (Å²) in [5.41, 5.74) is 4.46. The lowest BCUT2D eigenvalue weighted by Crippen LogP contribution is -2.18. The Morgan fingerprint density at radius 2 is 1.17 bits per heavy atom. The molecule has 0 radical (unpaired) electrons. The van der Waals surface area contributed by atoms with E-state index < -0.39 is 0 Å². The Kier molecular flexibility index (Phi) is 4.61. The van der Waals surface area contributed by atoms with Gasteiger partial charge in [-0.2, -0.15) is 0 Å². The maximum absolute atomic E-state index is 10.8. The van der Waals surface area contributed by atoms with Gasteiger partial charge in [-0.15, -0.1) is 0 Å². The Hall–Kier alpha value is -1.76. The van der Waals surface area contributed by atoms with Crippen LogP contribution >= 0.6 is 0 Å². The summed E-state index contributed by atoms with van der Waals surface area (Å²) in [6.07, 6.45) is 0. The molecule has 23 heavy (non-hydrogen) atoms. The first-order valence-corrected chi connectivity index (χ1v) is 8.44. The number of aromatic hydroxyl groups is 1. The maximum atomic E-state index is 10.8. The van der Waals surface area contributed by atoms with Crippen molar-refractivity contribution in [1.82, 2.24) is 0 Å². The number of benzene rings is 2. The Balaban J connectivity index is 2.65. The topological polar surface area (TPSA) is 20.2 Å². The third kappa shape index (κ3) is 3.77. The van der Waals surface area contributed by atoms with Gasteiger partial charge in [0.25, 0.3) is 0 Å². The fraction of sp³-hybridized carbons (Fsp3) is 0.455. The number of phenolic OH excluding ortho intramolecular Hbond substituents is 1. The molecule has 0 aliphatic heterocycles. The third-order valence-electron chi connectivity index (χ3n) is 4.55. The molecule has 0 unspecified atom stereocenters. The average molecular weight is 310 g/mol. The third-order valence-corrected chi connectivity index (χ3v) is 4.55. The van der Waals surface area contributed by atoms with Crippen molar-refractivity contribution in [3.8, 4) is 5.75 Å². The van der Waals surface area contributed by atoms with Gasteiger partial charge < -0.3 is 5.11 Å². The summed E-state index contributed by atoms with van der Waals surface area (Å²) in [6.45, 7) is 15.2. The van der Waals surface area contributed by atoms with Gasteiger partial charge in [-0.3, -0.25) is 0 Å². The van der Waals surface area contributed by atoms with Crippen molar-refractivity contribution in [1.29, 1.82) is 0 Å². The van der Waals surface area contributed by atoms with Crippen LogP contribution in [0.4, 0.5) is 0 Å². The number of phenols is 1. The van der Waals surface area contributed by atoms with Gasteiger partial charge >= 0.3 is 0 Å². The zero-order chi connectivity index (χ0) is 17.4. The molecule has 0 fully saturated rings. The molecule has 0 amide bonds. The van der Waals surface area contributed by atoms with E-state index in [2.05, 4.69) is 84.9 Å². The fourth-order valence-corrected chi connectivity index (χ4v) is 2.98. The van der Waals surface area contributed by atoms with Crippen molar-refractivity contribution in [2.75, 3.05) is 0 Å². The predicted octanol–water partition coefficient (Wildman–Crippen LogP) is 6.14. The van der Waals surface area contributed by atoms with Crippen molar-refractivity contribution >= 4 is 0 Å². The van der Waals surface area contributed by atoms with E-state index in [1.54, 1.807) is 0 Å². The number of hydrogen-bond donors (Lipinski definition) is 1. The molecule has 0 aliphatic carbocycles. The van der Waals surface area contributed by atoms with Crippen LogP contribution in [0.2, 0.25) is 0 Å². The molecule has 1 atom stereocenters. The Morgan fingerprint density at radius 3 is 1.57 bits per heavy atom. The van der Waals surface area contributed by atoms with Gasteiger partial charge in [-0.25, -0.2) is 0 Å². The van der Waals surface area contributed by atoms with E-state index in [0.717, 1.165) is 11.1 Å². The van der Waals surface area contributed by atoms with Crippen LogP contribution in [0.25, 0.3) is 0 Å². The number of rotatable bonds is 2. The minimum absolute atomic E-state index is 0.0868. The lowest BCUT2D eigenvalue weighted by atomic mass is 9.76. The summed E-state index contributed by atoms with van der Waals surface area (Å²) in [4.78, 5) is 0. The summed E-state index contributed by atoms with van der Waals surface area (Å²) in [6, 6.07) is 14.9. The van der Waals surface area contributed by atoms with Crippen LogP contribution in [0.5, 0.6) is 5.75 Å². The van der Waals surface area contributed by atoms with Crippen molar-refractivity contribution in [2.45, 2.75) is 65.2 Å². The first-order valence-electron chi connectivity index (χ1n) is 8.44. The van der Waals surface area contributed by atoms with Gasteiger partial charge in [0.05, 0.1) is 0 Å². The van der Waals surface area contributed by atoms with Gasteiger partial charge in [0.15, 0.2) is 0 Å². The second-order valence-electron chi connectivity index (χ2n) is 8.60. The van der Waals surface area contributed by atoms with Crippen LogP contribution in [0, 0.1) is 0 Å². The highest BCUT2D eigenvalue weighted by Gasteiger charge is 2.27. The summed E-state index contributed by atoms with van der Waals surface area (Å²) in [5.74, 6) is 0.757. The summed E-state index contributed by atoms with van der Waals surface area (Å²) in [5, 5.41) is 10.8. The summed E-state index contributed by atoms with van der Waals surface area (Å²) >= 11 is 0. The Labute approximate surface area is 141 Å². The molecule has 124 valence electrons. The maximum Gasteiger partial charge on any atom is 0.123 e. The standard InChI is InChI=1S/C22H30O/c1-15(16-11-9-8-10-12-16)17-13-18(21(2,3)4)20(23)19(14-17)22(5,6)7/h8-15,23H,1-7H3/t15-/m1/s1. The Morgan fingerprint density at radius 1 is 0.739 bits per heavy atom. The van der Waals surface area contributed by atoms with Crippen LogP contribution in [-0.4, -0.2) is 5.11 Å². The van der Waals surface area contributed by atoms with E-state index in [1.165, 1.54) is 11.1 Å². The smallest absolute Gasteiger partial charge is 0.123 e. The van der Waals surface area contributed by atoms with Crippen LogP contribution in [0.1, 0.15) is 76.6 Å². The van der Waals surface area contributed by atoms with E-state index in [-0.39, 0.29) is 10.8 Å². The molecule has 0 aromatic heterocycles. The highest BCUT2D eigenvalue weighted by Crippen LogP contribution is 2.41. The van der Waals surface area contributed by atoms with Crippen molar-refractivity contribution in [3.05, 3.63) is 64.7 Å². The fourth-order valence-electron chi connectivity index (χ4n) is 2.98. The zero-order valence-corrected chi connectivity index (χ0v) is 15.6. The molecule has 2 rings (SSSR count). The lowest BCUT2D eigenvalue weighted by Gasteiger charge is -2.29. The molecule has 0 saturated carbocycles. The van der Waals surface area contributed by atoms with Gasteiger partial charge in [0.1, 0.15) is 5.75 Å². The number of hydrogen-bond acceptors (Lipinski definition) is 1. The minimum atomic E-state index is -0.0868. The van der Waals surface area contributed by atoms with Crippen LogP contribution in [-0.2, 0) is 10.8 Å². The molecule has 0 aliphatic rings. The molecule has 1 N–H and O–H groups in total. The highest BCUT2D eigenvalue weighted by molar-refractivity contribution is 5.51. The van der Waals surface area contributed by atoms with E-state index in [9.17, 15) is 5.11 Å². The van der Waals surface area contributed by atoms with Crippen molar-refractivity contribution in [2.24, 2.45) is 0 Å².